The first-order chi connectivity index (χ1) is 27.7. The normalized spacial score (nSPS) is 20.7. The number of anilines is 1. The van der Waals surface area contributed by atoms with Crippen LogP contribution in [0.2, 0.25) is 0 Å². The van der Waals surface area contributed by atoms with E-state index in [-0.39, 0.29) is 54.9 Å². The van der Waals surface area contributed by atoms with Gasteiger partial charge in [-0.2, -0.15) is 4.31 Å². The predicted octanol–water partition coefficient (Wildman–Crippen LogP) is 6.50. The zero-order chi connectivity index (χ0) is 41.6. The molecule has 16 heteroatoms. The van der Waals surface area contributed by atoms with Crippen molar-refractivity contribution in [2.75, 3.05) is 38.2 Å². The molecule has 0 unspecified atom stereocenters. The third-order valence-corrected chi connectivity index (χ3v) is 13.9. The first-order valence-electron chi connectivity index (χ1n) is 20.3. The van der Waals surface area contributed by atoms with Crippen LogP contribution in [-0.4, -0.2) is 97.2 Å². The highest BCUT2D eigenvalue weighted by Crippen LogP contribution is 2.35. The summed E-state index contributed by atoms with van der Waals surface area (Å²) in [7, 11) is -4.06. The lowest BCUT2D eigenvalue weighted by Gasteiger charge is -2.30. The van der Waals surface area contributed by atoms with Gasteiger partial charge in [0.2, 0.25) is 10.0 Å². The first-order valence-corrected chi connectivity index (χ1v) is 23.5. The molecule has 6 rings (SSSR count). The Labute approximate surface area is 350 Å². The van der Waals surface area contributed by atoms with E-state index in [0.717, 1.165) is 39.1 Å². The van der Waals surface area contributed by atoms with Crippen LogP contribution >= 0.6 is 22.7 Å². The summed E-state index contributed by atoms with van der Waals surface area (Å²) < 4.78 is 54.6. The maximum absolute atomic E-state index is 14.4. The van der Waals surface area contributed by atoms with Crippen LogP contribution in [-0.2, 0) is 48.5 Å². The number of carbonyl (C=O) groups is 1. The molecule has 0 bridgehead atoms. The van der Waals surface area contributed by atoms with E-state index < -0.39 is 40.4 Å². The highest BCUT2D eigenvalue weighted by molar-refractivity contribution is 7.89. The Morgan fingerprint density at radius 1 is 1.02 bits per heavy atom. The van der Waals surface area contributed by atoms with Crippen molar-refractivity contribution in [1.82, 2.24) is 19.6 Å². The topological polar surface area (TPSA) is 161 Å². The lowest BCUT2D eigenvalue weighted by Crippen LogP contribution is -2.44. The van der Waals surface area contributed by atoms with Crippen LogP contribution in [0.4, 0.5) is 5.13 Å². The van der Waals surface area contributed by atoms with Gasteiger partial charge in [-0.3, -0.25) is 4.79 Å². The molecule has 2 saturated heterocycles. The largest absolute Gasteiger partial charge is 0.486 e. The van der Waals surface area contributed by atoms with E-state index in [4.69, 9.17) is 18.9 Å². The zero-order valence-electron chi connectivity index (χ0n) is 34.6. The molecule has 0 spiro atoms. The fraction of sp³-hybridized carbons (Fsp3) is 0.595. The molecule has 318 valence electrons. The fourth-order valence-corrected chi connectivity index (χ4v) is 10.8. The Morgan fingerprint density at radius 2 is 1.78 bits per heavy atom. The van der Waals surface area contributed by atoms with Crippen LogP contribution in [0.15, 0.2) is 52.7 Å². The number of nitrogens with zero attached hydrogens (tertiary/aromatic N) is 3. The van der Waals surface area contributed by atoms with Crippen molar-refractivity contribution in [2.45, 2.75) is 110 Å². The summed E-state index contributed by atoms with van der Waals surface area (Å²) in [4.78, 5) is 23.1. The number of thiazole rings is 2. The predicted molar refractivity (Wildman–Crippen MR) is 228 cm³/mol. The molecule has 6 atom stereocenters. The third kappa shape index (κ3) is 11.5. The molecule has 2 aliphatic heterocycles. The smallest absolute Gasteiger partial charge is 0.306 e. The van der Waals surface area contributed by atoms with E-state index in [1.54, 1.807) is 29.5 Å². The Hall–Kier alpha value is -3.22. The molecular formula is C42H59N5O8S3. The molecule has 4 heterocycles. The molecule has 0 saturated carbocycles. The summed E-state index contributed by atoms with van der Waals surface area (Å²) in [6.07, 6.45) is -1.13. The number of aliphatic hydroxyl groups excluding tert-OH is 1. The van der Waals surface area contributed by atoms with Crippen molar-refractivity contribution in [3.05, 3.63) is 64.1 Å². The highest BCUT2D eigenvalue weighted by Gasteiger charge is 2.50. The number of aromatic nitrogens is 2. The highest BCUT2D eigenvalue weighted by atomic mass is 32.2. The van der Waals surface area contributed by atoms with E-state index in [1.165, 1.54) is 15.6 Å². The van der Waals surface area contributed by atoms with Gasteiger partial charge in [-0.05, 0) is 81.0 Å². The van der Waals surface area contributed by atoms with Crippen LogP contribution in [0.25, 0.3) is 10.2 Å². The summed E-state index contributed by atoms with van der Waals surface area (Å²) >= 11 is 2.96. The number of fused-ring (bicyclic) bond motifs is 2. The maximum Gasteiger partial charge on any atom is 0.306 e. The average Bonchev–Trinajstić information content (AvgIpc) is 3.98. The minimum Gasteiger partial charge on any atom is -0.486 e. The van der Waals surface area contributed by atoms with Crippen molar-refractivity contribution < 1.29 is 37.3 Å². The number of benzene rings is 2. The van der Waals surface area contributed by atoms with Gasteiger partial charge in [-0.25, -0.2) is 18.4 Å². The van der Waals surface area contributed by atoms with Gasteiger partial charge in [0.1, 0.15) is 23.5 Å². The summed E-state index contributed by atoms with van der Waals surface area (Å²) in [5.74, 6) is -0.243. The molecule has 3 N–H and O–H groups in total. The number of esters is 1. The van der Waals surface area contributed by atoms with Gasteiger partial charge in [0.15, 0.2) is 11.4 Å². The average molecular weight is 858 g/mol. The van der Waals surface area contributed by atoms with Crippen LogP contribution in [0.1, 0.15) is 71.2 Å². The lowest BCUT2D eigenvalue weighted by atomic mass is 9.90. The molecule has 58 heavy (non-hydrogen) atoms. The minimum atomic E-state index is -4.06. The molecule has 2 aromatic carbocycles. The number of hydrogen-bond acceptors (Lipinski definition) is 14. The number of ether oxygens (including phenoxy) is 4. The fourth-order valence-electron chi connectivity index (χ4n) is 7.28. The van der Waals surface area contributed by atoms with Gasteiger partial charge in [0, 0.05) is 36.5 Å². The van der Waals surface area contributed by atoms with Gasteiger partial charge >= 0.3 is 5.97 Å². The standard InChI is InChI=1S/C42H59N5O8S3/c1-8-30-24-56-38(45-30)23-52-31-11-9-28(10-12-31)15-29(16-39(49)55-36-22-54-41-40(36)34(21-53-41)43-18-25(2)3)35(48)20-47(19-26(4)5)58(50,51)32-13-14-33-37(17-32)57-42(46-33)44-27(6)7/h9-14,17,24-27,29,34-36,40-41,43,48H,8,15-16,18-23H2,1-7H3,(H,44,46)/t29-,34+,35-,36+,40+,41-/m1/s1. The zero-order valence-corrected chi connectivity index (χ0v) is 37.0. The van der Waals surface area contributed by atoms with Crippen LogP contribution < -0.4 is 15.4 Å². The van der Waals surface area contributed by atoms with Crippen molar-refractivity contribution in [1.29, 1.82) is 0 Å². The Morgan fingerprint density at radius 3 is 2.47 bits per heavy atom. The van der Waals surface area contributed by atoms with Gasteiger partial charge in [-0.1, -0.05) is 58.1 Å². The Balaban J connectivity index is 1.20. The van der Waals surface area contributed by atoms with Crippen molar-refractivity contribution in [2.24, 2.45) is 23.7 Å². The molecule has 13 nitrogen and oxygen atoms in total. The van der Waals surface area contributed by atoms with Gasteiger partial charge < -0.3 is 34.7 Å². The molecule has 2 fully saturated rings. The number of rotatable bonds is 21. The molecule has 0 amide bonds. The summed E-state index contributed by atoms with van der Waals surface area (Å²) in [6, 6.07) is 12.6. The van der Waals surface area contributed by atoms with Crippen molar-refractivity contribution in [3.8, 4) is 5.75 Å². The maximum atomic E-state index is 14.4. The number of aliphatic hydroxyl groups is 1. The number of carbonyl (C=O) groups excluding carboxylic acids is 1. The second-order valence-electron chi connectivity index (χ2n) is 16.5. The quantitative estimate of drug-likeness (QED) is 0.0782. The van der Waals surface area contributed by atoms with Crippen molar-refractivity contribution >= 4 is 54.0 Å². The molecule has 0 radical (unpaired) electrons. The van der Waals surface area contributed by atoms with Crippen molar-refractivity contribution in [3.63, 3.8) is 0 Å². The summed E-state index contributed by atoms with van der Waals surface area (Å²) in [6.45, 7) is 16.1. The molecular weight excluding hydrogens is 799 g/mol. The number of hydrogen-bond donors (Lipinski definition) is 3. The Bertz CT molecular complexity index is 2050. The molecule has 0 aliphatic carbocycles. The lowest BCUT2D eigenvalue weighted by molar-refractivity contribution is -0.153. The van der Waals surface area contributed by atoms with E-state index in [2.05, 4.69) is 41.4 Å². The summed E-state index contributed by atoms with van der Waals surface area (Å²) in [5.41, 5.74) is 2.60. The van der Waals surface area contributed by atoms with Crippen LogP contribution in [0, 0.1) is 23.7 Å². The molecule has 4 aromatic rings. The van der Waals surface area contributed by atoms with Crippen LogP contribution in [0.5, 0.6) is 5.75 Å². The number of sulfonamides is 1. The number of nitrogens with one attached hydrogen (secondary N) is 2. The van der Waals surface area contributed by atoms with E-state index >= 15 is 0 Å². The SMILES string of the molecule is CCc1csc(COc2ccc(C[C@H](CC(=O)O[C@H]3CO[C@H]4OC[C@H](NCC(C)C)[C@H]43)[C@H](O)CN(CC(C)C)S(=O)(=O)c3ccc4nc(NC(C)C)sc4c3)cc2)n1. The summed E-state index contributed by atoms with van der Waals surface area (Å²) in [5, 5.41) is 22.5. The monoisotopic (exact) mass is 857 g/mol. The van der Waals surface area contributed by atoms with Crippen LogP contribution in [0.3, 0.4) is 0 Å². The van der Waals surface area contributed by atoms with Gasteiger partial charge in [0.25, 0.3) is 0 Å². The second-order valence-corrected chi connectivity index (χ2v) is 20.4. The Kier molecular flexibility index (Phi) is 15.2. The first kappa shape index (κ1) is 44.3. The van der Waals surface area contributed by atoms with Gasteiger partial charge in [0.05, 0.1) is 52.5 Å². The van der Waals surface area contributed by atoms with E-state index in [0.29, 0.717) is 36.8 Å². The second kappa shape index (κ2) is 19.9. The van der Waals surface area contributed by atoms with Gasteiger partial charge in [-0.15, -0.1) is 11.3 Å². The van der Waals surface area contributed by atoms with E-state index in [1.807, 2.05) is 57.3 Å². The third-order valence-electron chi connectivity index (χ3n) is 10.2. The molecule has 2 aliphatic rings. The molecule has 2 aromatic heterocycles. The van der Waals surface area contributed by atoms with E-state index in [9.17, 15) is 18.3 Å². The number of aryl methyl sites for hydroxylation is 1. The minimum absolute atomic E-state index is 0.0175.